The van der Waals surface area contributed by atoms with Gasteiger partial charge < -0.3 is 5.73 Å². The highest BCUT2D eigenvalue weighted by Crippen LogP contribution is 2.24. The van der Waals surface area contributed by atoms with Crippen LogP contribution in [0.15, 0.2) is 18.2 Å². The first-order chi connectivity index (χ1) is 3.88. The van der Waals surface area contributed by atoms with E-state index in [2.05, 4.69) is 4.98 Å². The number of hydrogen-bond acceptors (Lipinski definition) is 2. The average Bonchev–Trinajstić information content (AvgIpc) is 1.89. The summed E-state index contributed by atoms with van der Waals surface area (Å²) < 4.78 is 0. The predicted molar refractivity (Wildman–Crippen MR) is 30.3 cm³/mol. The minimum Gasteiger partial charge on any atom is -0.318 e. The van der Waals surface area contributed by atoms with Crippen LogP contribution in [0.25, 0.3) is 0 Å². The van der Waals surface area contributed by atoms with Crippen LogP contribution < -0.4 is 5.73 Å². The summed E-state index contributed by atoms with van der Waals surface area (Å²) in [4.78, 5) is 4.07. The number of fused-ring (bicyclic) bond motifs is 2. The third-order valence-electron chi connectivity index (χ3n) is 1.43. The van der Waals surface area contributed by atoms with E-state index in [9.17, 15) is 0 Å². The molecule has 40 valence electrons. The van der Waals surface area contributed by atoms with Crippen molar-refractivity contribution in [1.82, 2.24) is 4.98 Å². The van der Waals surface area contributed by atoms with Crippen LogP contribution in [0.5, 0.6) is 0 Å². The van der Waals surface area contributed by atoms with Crippen molar-refractivity contribution >= 4 is 0 Å². The first kappa shape index (κ1) is 4.04. The first-order valence-electron chi connectivity index (χ1n) is 2.60. The van der Waals surface area contributed by atoms with Gasteiger partial charge in [0.1, 0.15) is 0 Å². The van der Waals surface area contributed by atoms with Crippen molar-refractivity contribution in [2.24, 2.45) is 5.73 Å². The van der Waals surface area contributed by atoms with Gasteiger partial charge in [0, 0.05) is 0 Å². The van der Waals surface area contributed by atoms with Crippen LogP contribution in [0, 0.1) is 0 Å². The van der Waals surface area contributed by atoms with Crippen molar-refractivity contribution in [3.05, 3.63) is 29.6 Å². The standard InChI is InChI=1S/C6H6N2/c7-6-4-2-1-3-5(6)8-4/h1-3,6H,7H2. The molecule has 0 unspecified atom stereocenters. The number of hydrogen-bond donors (Lipinski definition) is 1. The molecule has 1 aliphatic carbocycles. The molecule has 2 N–H and O–H groups in total. The van der Waals surface area contributed by atoms with E-state index in [0.29, 0.717) is 0 Å². The molecule has 0 amide bonds. The van der Waals surface area contributed by atoms with Crippen LogP contribution in [0.4, 0.5) is 0 Å². The van der Waals surface area contributed by atoms with E-state index in [0.717, 1.165) is 11.4 Å². The summed E-state index contributed by atoms with van der Waals surface area (Å²) in [6.07, 6.45) is 0. The average molecular weight is 106 g/mol. The Hall–Kier alpha value is -0.890. The lowest BCUT2D eigenvalue weighted by Crippen LogP contribution is -2.23. The largest absolute Gasteiger partial charge is 0.318 e. The molecule has 0 atom stereocenters. The van der Waals surface area contributed by atoms with Gasteiger partial charge in [0.05, 0.1) is 17.4 Å². The molecule has 0 aromatic carbocycles. The Morgan fingerprint density at radius 3 is 2.25 bits per heavy atom. The molecular weight excluding hydrogens is 100 g/mol. The molecule has 1 aromatic rings. The van der Waals surface area contributed by atoms with Crippen LogP contribution in [-0.4, -0.2) is 4.98 Å². The second kappa shape index (κ2) is 1.09. The lowest BCUT2D eigenvalue weighted by molar-refractivity contribution is 0.701. The summed E-state index contributed by atoms with van der Waals surface area (Å²) >= 11 is 0. The molecule has 1 aromatic heterocycles. The molecule has 2 bridgehead atoms. The van der Waals surface area contributed by atoms with Gasteiger partial charge in [-0.1, -0.05) is 6.07 Å². The van der Waals surface area contributed by atoms with Crippen molar-refractivity contribution in [2.45, 2.75) is 6.04 Å². The molecule has 8 heavy (non-hydrogen) atoms. The van der Waals surface area contributed by atoms with Gasteiger partial charge in [-0.3, -0.25) is 4.98 Å². The van der Waals surface area contributed by atoms with Crippen LogP contribution in [0.2, 0.25) is 0 Å². The minimum atomic E-state index is 0.125. The summed E-state index contributed by atoms with van der Waals surface area (Å²) in [5, 5.41) is 0. The van der Waals surface area contributed by atoms with E-state index in [-0.39, 0.29) is 6.04 Å². The fourth-order valence-electron chi connectivity index (χ4n) is 0.901. The molecule has 2 heteroatoms. The van der Waals surface area contributed by atoms with Crippen molar-refractivity contribution in [3.8, 4) is 0 Å². The van der Waals surface area contributed by atoms with Gasteiger partial charge in [-0.2, -0.15) is 0 Å². The second-order valence-electron chi connectivity index (χ2n) is 1.96. The lowest BCUT2D eigenvalue weighted by Gasteiger charge is -2.20. The highest BCUT2D eigenvalue weighted by atomic mass is 14.9. The van der Waals surface area contributed by atoms with Crippen molar-refractivity contribution in [1.29, 1.82) is 0 Å². The maximum absolute atomic E-state index is 5.58. The summed E-state index contributed by atoms with van der Waals surface area (Å²) in [7, 11) is 0. The summed E-state index contributed by atoms with van der Waals surface area (Å²) in [5.41, 5.74) is 7.61. The highest BCUT2D eigenvalue weighted by molar-refractivity contribution is 5.31. The third kappa shape index (κ3) is 0.295. The molecule has 0 fully saturated rings. The van der Waals surface area contributed by atoms with Crippen LogP contribution in [0.3, 0.4) is 0 Å². The van der Waals surface area contributed by atoms with Gasteiger partial charge >= 0.3 is 0 Å². The smallest absolute Gasteiger partial charge is 0.0900 e. The molecule has 0 saturated heterocycles. The van der Waals surface area contributed by atoms with Gasteiger partial charge in [-0.05, 0) is 12.1 Å². The van der Waals surface area contributed by atoms with Gasteiger partial charge in [0.15, 0.2) is 0 Å². The second-order valence-corrected chi connectivity index (χ2v) is 1.96. The Bertz CT molecular complexity index is 193. The molecule has 2 heterocycles. The molecule has 0 spiro atoms. The zero-order chi connectivity index (χ0) is 5.56. The Kier molecular flexibility index (Phi) is 0.549. The fourth-order valence-corrected chi connectivity index (χ4v) is 0.901. The van der Waals surface area contributed by atoms with Gasteiger partial charge in [-0.15, -0.1) is 0 Å². The normalized spacial score (nSPS) is 15.6. The Morgan fingerprint density at radius 1 is 1.38 bits per heavy atom. The maximum Gasteiger partial charge on any atom is 0.0900 e. The number of pyridine rings is 1. The zero-order valence-corrected chi connectivity index (χ0v) is 4.33. The molecular formula is C6H6N2. The maximum atomic E-state index is 5.58. The predicted octanol–water partition coefficient (Wildman–Crippen LogP) is 0.443. The number of nitrogens with two attached hydrogens (primary N) is 1. The lowest BCUT2D eigenvalue weighted by atomic mass is 10.0. The summed E-state index contributed by atoms with van der Waals surface area (Å²) in [6, 6.07) is 5.98. The number of rotatable bonds is 0. The Labute approximate surface area is 47.4 Å². The fraction of sp³-hybridized carbons (Fsp3) is 0.167. The third-order valence-corrected chi connectivity index (χ3v) is 1.43. The molecule has 0 saturated carbocycles. The molecule has 3 rings (SSSR count). The van der Waals surface area contributed by atoms with Crippen LogP contribution in [-0.2, 0) is 0 Å². The SMILES string of the molecule is NC1c2cccc1n2. The number of aromatic nitrogens is 1. The van der Waals surface area contributed by atoms with E-state index in [4.69, 9.17) is 5.73 Å². The van der Waals surface area contributed by atoms with E-state index in [1.54, 1.807) is 0 Å². The highest BCUT2D eigenvalue weighted by Gasteiger charge is 2.19. The molecule has 2 nitrogen and oxygen atoms in total. The number of nitrogens with zero attached hydrogens (tertiary/aromatic N) is 1. The Morgan fingerprint density at radius 2 is 2.00 bits per heavy atom. The minimum absolute atomic E-state index is 0.125. The van der Waals surface area contributed by atoms with Gasteiger partial charge in [0.25, 0.3) is 0 Å². The van der Waals surface area contributed by atoms with Crippen molar-refractivity contribution in [2.75, 3.05) is 0 Å². The first-order valence-corrected chi connectivity index (χ1v) is 2.60. The van der Waals surface area contributed by atoms with Crippen molar-refractivity contribution < 1.29 is 0 Å². The molecule has 2 aliphatic rings. The van der Waals surface area contributed by atoms with Crippen LogP contribution >= 0.6 is 0 Å². The Balaban J connectivity index is 2.64. The molecule has 0 radical (unpaired) electrons. The van der Waals surface area contributed by atoms with E-state index < -0.39 is 0 Å². The van der Waals surface area contributed by atoms with E-state index >= 15 is 0 Å². The van der Waals surface area contributed by atoms with E-state index in [1.165, 1.54) is 0 Å². The van der Waals surface area contributed by atoms with Crippen molar-refractivity contribution in [3.63, 3.8) is 0 Å². The van der Waals surface area contributed by atoms with Gasteiger partial charge in [0.2, 0.25) is 0 Å². The summed E-state index contributed by atoms with van der Waals surface area (Å²) in [6.45, 7) is 0. The van der Waals surface area contributed by atoms with E-state index in [1.807, 2.05) is 18.2 Å². The van der Waals surface area contributed by atoms with Gasteiger partial charge in [-0.25, -0.2) is 0 Å². The monoisotopic (exact) mass is 106 g/mol. The zero-order valence-electron chi connectivity index (χ0n) is 4.33. The van der Waals surface area contributed by atoms with Crippen LogP contribution in [0.1, 0.15) is 17.4 Å². The summed E-state index contributed by atoms with van der Waals surface area (Å²) in [5.74, 6) is 0. The molecule has 1 aliphatic heterocycles. The topological polar surface area (TPSA) is 38.9 Å². The quantitative estimate of drug-likeness (QED) is 0.521.